The van der Waals surface area contributed by atoms with Crippen LogP contribution < -0.4 is 0 Å². The van der Waals surface area contributed by atoms with Gasteiger partial charge in [0.15, 0.2) is 0 Å². The van der Waals surface area contributed by atoms with Crippen molar-refractivity contribution in [2.45, 2.75) is 0 Å². The highest BCUT2D eigenvalue weighted by Gasteiger charge is 2.16. The number of nitrogens with zero attached hydrogens (tertiary/aromatic N) is 1. The molecule has 0 amide bonds. The highest BCUT2D eigenvalue weighted by Crippen LogP contribution is 2.39. The third-order valence-corrected chi connectivity index (χ3v) is 5.28. The van der Waals surface area contributed by atoms with Crippen LogP contribution in [0.4, 0.5) is 0 Å². The molecule has 0 aliphatic heterocycles. The zero-order chi connectivity index (χ0) is 18.0. The van der Waals surface area contributed by atoms with Crippen molar-refractivity contribution >= 4 is 43.7 Å². The molecule has 0 bridgehead atoms. The number of hydrogen-bond acceptors (Lipinski definition) is 2. The number of hydrogen-bond donors (Lipinski definition) is 1. The molecule has 4 aromatic carbocycles. The summed E-state index contributed by atoms with van der Waals surface area (Å²) >= 11 is 0. The van der Waals surface area contributed by atoms with Crippen LogP contribution in [0.5, 0.6) is 5.75 Å². The Labute approximate surface area is 154 Å². The van der Waals surface area contributed by atoms with Gasteiger partial charge in [0.2, 0.25) is 0 Å². The van der Waals surface area contributed by atoms with Crippen LogP contribution in [0, 0.1) is 0 Å². The van der Waals surface area contributed by atoms with Crippen molar-refractivity contribution in [3.63, 3.8) is 0 Å². The molecule has 6 aromatic rings. The number of phenolic OH excluding ortho intramolecular Hbond substituents is 1. The number of aromatic nitrogens is 1. The molecular formula is C24H15NO2. The molecular weight excluding hydrogens is 334 g/mol. The molecule has 0 atom stereocenters. The van der Waals surface area contributed by atoms with E-state index in [1.54, 1.807) is 0 Å². The van der Waals surface area contributed by atoms with E-state index in [-0.39, 0.29) is 5.75 Å². The molecule has 0 saturated carbocycles. The maximum atomic E-state index is 10.8. The van der Waals surface area contributed by atoms with E-state index in [1.165, 1.54) is 10.8 Å². The SMILES string of the molecule is Oc1cc(-n2c3ccccc3c3ccccc32)cc2oc3ccccc3c12. The van der Waals surface area contributed by atoms with Crippen LogP contribution in [0.25, 0.3) is 49.4 Å². The molecule has 6 rings (SSSR count). The van der Waals surface area contributed by atoms with Gasteiger partial charge in [0.1, 0.15) is 16.9 Å². The van der Waals surface area contributed by atoms with Crippen LogP contribution in [-0.4, -0.2) is 9.67 Å². The lowest BCUT2D eigenvalue weighted by Crippen LogP contribution is -1.93. The van der Waals surface area contributed by atoms with Crippen molar-refractivity contribution < 1.29 is 9.52 Å². The Morgan fingerprint density at radius 3 is 1.93 bits per heavy atom. The summed E-state index contributed by atoms with van der Waals surface area (Å²) in [5, 5.41) is 14.9. The van der Waals surface area contributed by atoms with Gasteiger partial charge in [-0.2, -0.15) is 0 Å². The molecule has 0 radical (unpaired) electrons. The molecule has 0 spiro atoms. The molecule has 1 N–H and O–H groups in total. The van der Waals surface area contributed by atoms with Gasteiger partial charge in [0, 0.05) is 28.3 Å². The van der Waals surface area contributed by atoms with Crippen LogP contribution in [0.1, 0.15) is 0 Å². The molecule has 27 heavy (non-hydrogen) atoms. The Bertz CT molecular complexity index is 1430. The second-order valence-corrected chi connectivity index (χ2v) is 6.81. The minimum atomic E-state index is 0.231. The van der Waals surface area contributed by atoms with Gasteiger partial charge in [-0.1, -0.05) is 54.6 Å². The van der Waals surface area contributed by atoms with Crippen molar-refractivity contribution in [1.29, 1.82) is 0 Å². The lowest BCUT2D eigenvalue weighted by atomic mass is 10.1. The van der Waals surface area contributed by atoms with E-state index in [4.69, 9.17) is 4.42 Å². The minimum Gasteiger partial charge on any atom is -0.507 e. The molecule has 0 saturated heterocycles. The normalized spacial score (nSPS) is 11.9. The van der Waals surface area contributed by atoms with E-state index in [9.17, 15) is 5.11 Å². The first kappa shape index (κ1) is 14.4. The van der Waals surface area contributed by atoms with E-state index >= 15 is 0 Å². The summed E-state index contributed by atoms with van der Waals surface area (Å²) < 4.78 is 8.20. The van der Waals surface area contributed by atoms with Gasteiger partial charge < -0.3 is 14.1 Å². The molecule has 3 nitrogen and oxygen atoms in total. The molecule has 3 heteroatoms. The van der Waals surface area contributed by atoms with Crippen LogP contribution in [-0.2, 0) is 0 Å². The standard InChI is InChI=1S/C24H15NO2/c26-21-13-15(14-23-24(21)18-9-3-6-12-22(18)27-23)25-19-10-4-1-7-16(19)17-8-2-5-11-20(17)25/h1-14,26H. The number of aromatic hydroxyl groups is 1. The van der Waals surface area contributed by atoms with Crippen LogP contribution >= 0.6 is 0 Å². The molecule has 2 heterocycles. The van der Waals surface area contributed by atoms with Gasteiger partial charge in [-0.3, -0.25) is 0 Å². The van der Waals surface area contributed by atoms with Crippen molar-refractivity contribution in [2.75, 3.05) is 0 Å². The fraction of sp³-hybridized carbons (Fsp3) is 0. The lowest BCUT2D eigenvalue weighted by Gasteiger charge is -2.08. The second kappa shape index (κ2) is 5.15. The number of para-hydroxylation sites is 3. The average molecular weight is 349 g/mol. The van der Waals surface area contributed by atoms with Gasteiger partial charge in [0.05, 0.1) is 22.1 Å². The molecule has 0 unspecified atom stereocenters. The molecule has 0 aliphatic rings. The van der Waals surface area contributed by atoms with Gasteiger partial charge in [-0.15, -0.1) is 0 Å². The molecule has 0 aliphatic carbocycles. The summed E-state index contributed by atoms with van der Waals surface area (Å²) in [6.45, 7) is 0. The van der Waals surface area contributed by atoms with E-state index in [1.807, 2.05) is 48.5 Å². The van der Waals surface area contributed by atoms with Gasteiger partial charge in [0.25, 0.3) is 0 Å². The van der Waals surface area contributed by atoms with E-state index in [0.717, 1.165) is 33.1 Å². The Kier molecular flexibility index (Phi) is 2.75. The summed E-state index contributed by atoms with van der Waals surface area (Å²) in [5.41, 5.74) is 4.56. The zero-order valence-electron chi connectivity index (χ0n) is 14.4. The Morgan fingerprint density at radius 2 is 1.22 bits per heavy atom. The van der Waals surface area contributed by atoms with E-state index < -0.39 is 0 Å². The average Bonchev–Trinajstić information content (AvgIpc) is 3.23. The Hall–Kier alpha value is -3.72. The monoisotopic (exact) mass is 349 g/mol. The molecule has 128 valence electrons. The highest BCUT2D eigenvalue weighted by molar-refractivity contribution is 6.11. The summed E-state index contributed by atoms with van der Waals surface area (Å²) in [7, 11) is 0. The van der Waals surface area contributed by atoms with Crippen molar-refractivity contribution in [1.82, 2.24) is 4.57 Å². The molecule has 2 aromatic heterocycles. The quantitative estimate of drug-likeness (QED) is 0.373. The summed E-state index contributed by atoms with van der Waals surface area (Å²) in [4.78, 5) is 0. The van der Waals surface area contributed by atoms with Crippen molar-refractivity contribution in [3.05, 3.63) is 84.9 Å². The first-order chi connectivity index (χ1) is 13.3. The number of benzene rings is 4. The fourth-order valence-electron chi connectivity index (χ4n) is 4.15. The third-order valence-electron chi connectivity index (χ3n) is 5.28. The van der Waals surface area contributed by atoms with Crippen molar-refractivity contribution in [3.8, 4) is 11.4 Å². The van der Waals surface area contributed by atoms with E-state index in [2.05, 4.69) is 41.0 Å². The number of phenols is 1. The zero-order valence-corrected chi connectivity index (χ0v) is 14.4. The van der Waals surface area contributed by atoms with Crippen LogP contribution in [0.15, 0.2) is 89.3 Å². The van der Waals surface area contributed by atoms with E-state index in [0.29, 0.717) is 5.58 Å². The first-order valence-electron chi connectivity index (χ1n) is 8.94. The summed E-state index contributed by atoms with van der Waals surface area (Å²) in [5.74, 6) is 0.231. The third kappa shape index (κ3) is 1.91. The van der Waals surface area contributed by atoms with Crippen molar-refractivity contribution in [2.24, 2.45) is 0 Å². The van der Waals surface area contributed by atoms with Gasteiger partial charge in [-0.25, -0.2) is 0 Å². The maximum Gasteiger partial charge on any atom is 0.141 e. The fourth-order valence-corrected chi connectivity index (χ4v) is 4.15. The first-order valence-corrected chi connectivity index (χ1v) is 8.94. The second-order valence-electron chi connectivity index (χ2n) is 6.81. The van der Waals surface area contributed by atoms with Crippen LogP contribution in [0.2, 0.25) is 0 Å². The predicted molar refractivity (Wildman–Crippen MR) is 110 cm³/mol. The smallest absolute Gasteiger partial charge is 0.141 e. The number of furan rings is 1. The van der Waals surface area contributed by atoms with Crippen LogP contribution in [0.3, 0.4) is 0 Å². The number of rotatable bonds is 1. The highest BCUT2D eigenvalue weighted by atomic mass is 16.3. The largest absolute Gasteiger partial charge is 0.507 e. The summed E-state index contributed by atoms with van der Waals surface area (Å²) in [6.07, 6.45) is 0. The maximum absolute atomic E-state index is 10.8. The summed E-state index contributed by atoms with van der Waals surface area (Å²) in [6, 6.07) is 28.3. The predicted octanol–water partition coefficient (Wildman–Crippen LogP) is 6.39. The lowest BCUT2D eigenvalue weighted by molar-refractivity contribution is 0.481. The Morgan fingerprint density at radius 1 is 0.630 bits per heavy atom. The van der Waals surface area contributed by atoms with Gasteiger partial charge in [-0.05, 0) is 18.2 Å². The topological polar surface area (TPSA) is 38.3 Å². The van der Waals surface area contributed by atoms with Gasteiger partial charge >= 0.3 is 0 Å². The molecule has 0 fully saturated rings. The Balaban J connectivity index is 1.76. The number of fused-ring (bicyclic) bond motifs is 6. The minimum absolute atomic E-state index is 0.231.